The highest BCUT2D eigenvalue weighted by Crippen LogP contribution is 2.32. The topological polar surface area (TPSA) is 20.2 Å². The predicted molar refractivity (Wildman–Crippen MR) is 99.6 cm³/mol. The lowest BCUT2D eigenvalue weighted by molar-refractivity contribution is 0.174. The van der Waals surface area contributed by atoms with Gasteiger partial charge in [0.1, 0.15) is 0 Å². The third-order valence-corrected chi connectivity index (χ3v) is 4.39. The molecule has 0 bridgehead atoms. The van der Waals surface area contributed by atoms with Gasteiger partial charge in [-0.05, 0) is 52.5 Å². The number of hydrogen-bond acceptors (Lipinski definition) is 1. The molecule has 1 N–H and O–H groups in total. The molecule has 0 saturated carbocycles. The fourth-order valence-electron chi connectivity index (χ4n) is 3.20. The largest absolute Gasteiger partial charge is 0.388 e. The van der Waals surface area contributed by atoms with Crippen LogP contribution in [0.25, 0.3) is 11.1 Å². The molecule has 0 saturated heterocycles. The molecule has 2 unspecified atom stereocenters. The summed E-state index contributed by atoms with van der Waals surface area (Å²) in [6, 6.07) is 17.1. The fourth-order valence-corrected chi connectivity index (χ4v) is 3.20. The van der Waals surface area contributed by atoms with E-state index in [1.165, 1.54) is 23.1 Å². The number of aliphatic hydroxyl groups excluding tert-OH is 1. The standard InChI is InChI=1S/C22H30O/c1-6-21(23)20-9-7-8-19(14-20)18-12-10-17(11-13-18)16(2)15-22(3,4)5/h7-14,16,21,23H,6,15H2,1-5H3. The Balaban J connectivity index is 2.20. The monoisotopic (exact) mass is 310 g/mol. The Morgan fingerprint density at radius 2 is 1.57 bits per heavy atom. The molecule has 0 aliphatic carbocycles. The van der Waals surface area contributed by atoms with Gasteiger partial charge in [0.15, 0.2) is 0 Å². The predicted octanol–water partition coefficient (Wildman–Crippen LogP) is 6.34. The summed E-state index contributed by atoms with van der Waals surface area (Å²) in [6.07, 6.45) is 1.55. The van der Waals surface area contributed by atoms with E-state index in [0.717, 1.165) is 12.0 Å². The second-order valence-corrected chi connectivity index (χ2v) is 7.84. The first-order valence-corrected chi connectivity index (χ1v) is 8.68. The van der Waals surface area contributed by atoms with Gasteiger partial charge in [-0.25, -0.2) is 0 Å². The maximum atomic E-state index is 10.0. The molecule has 2 aromatic carbocycles. The third-order valence-electron chi connectivity index (χ3n) is 4.39. The molecule has 0 aliphatic rings. The molecule has 0 radical (unpaired) electrons. The highest BCUT2D eigenvalue weighted by Gasteiger charge is 2.16. The van der Waals surface area contributed by atoms with Crippen LogP contribution in [0.3, 0.4) is 0 Å². The van der Waals surface area contributed by atoms with E-state index in [-0.39, 0.29) is 6.10 Å². The Morgan fingerprint density at radius 3 is 2.13 bits per heavy atom. The smallest absolute Gasteiger partial charge is 0.0787 e. The van der Waals surface area contributed by atoms with Crippen molar-refractivity contribution in [2.75, 3.05) is 0 Å². The molecule has 2 rings (SSSR count). The van der Waals surface area contributed by atoms with E-state index in [0.29, 0.717) is 11.3 Å². The summed E-state index contributed by atoms with van der Waals surface area (Å²) in [7, 11) is 0. The van der Waals surface area contributed by atoms with Crippen molar-refractivity contribution in [2.24, 2.45) is 5.41 Å². The summed E-state index contributed by atoms with van der Waals surface area (Å²) >= 11 is 0. The Bertz CT molecular complexity index is 619. The van der Waals surface area contributed by atoms with Crippen molar-refractivity contribution in [1.82, 2.24) is 0 Å². The van der Waals surface area contributed by atoms with Gasteiger partial charge in [-0.2, -0.15) is 0 Å². The Kier molecular flexibility index (Phi) is 5.64. The second kappa shape index (κ2) is 7.31. The molecule has 0 aliphatic heterocycles. The molecule has 124 valence electrons. The van der Waals surface area contributed by atoms with Gasteiger partial charge < -0.3 is 5.11 Å². The molecular formula is C22H30O. The number of benzene rings is 2. The van der Waals surface area contributed by atoms with Gasteiger partial charge in [0.05, 0.1) is 6.10 Å². The van der Waals surface area contributed by atoms with Crippen molar-refractivity contribution in [3.63, 3.8) is 0 Å². The Labute approximate surface area is 141 Å². The van der Waals surface area contributed by atoms with E-state index >= 15 is 0 Å². The minimum atomic E-state index is -0.374. The average Bonchev–Trinajstić information content (AvgIpc) is 2.53. The van der Waals surface area contributed by atoms with Crippen LogP contribution < -0.4 is 0 Å². The summed E-state index contributed by atoms with van der Waals surface area (Å²) < 4.78 is 0. The molecular weight excluding hydrogens is 280 g/mol. The Morgan fingerprint density at radius 1 is 0.913 bits per heavy atom. The van der Waals surface area contributed by atoms with Crippen LogP contribution in [-0.2, 0) is 0 Å². The zero-order valence-corrected chi connectivity index (χ0v) is 15.1. The van der Waals surface area contributed by atoms with E-state index in [1.54, 1.807) is 0 Å². The van der Waals surface area contributed by atoms with Gasteiger partial charge in [-0.1, -0.05) is 77.1 Å². The van der Waals surface area contributed by atoms with Crippen molar-refractivity contribution >= 4 is 0 Å². The third kappa shape index (κ3) is 4.94. The van der Waals surface area contributed by atoms with Gasteiger partial charge in [0, 0.05) is 0 Å². The summed E-state index contributed by atoms with van der Waals surface area (Å²) in [6.45, 7) is 11.2. The van der Waals surface area contributed by atoms with Gasteiger partial charge in [-0.15, -0.1) is 0 Å². The van der Waals surface area contributed by atoms with Crippen molar-refractivity contribution < 1.29 is 5.11 Å². The molecule has 1 heteroatoms. The molecule has 0 aromatic heterocycles. The maximum Gasteiger partial charge on any atom is 0.0787 e. The van der Waals surface area contributed by atoms with Crippen molar-refractivity contribution in [3.05, 3.63) is 59.7 Å². The van der Waals surface area contributed by atoms with Crippen LogP contribution in [0, 0.1) is 5.41 Å². The zero-order chi connectivity index (χ0) is 17.0. The molecule has 2 aromatic rings. The highest BCUT2D eigenvalue weighted by atomic mass is 16.3. The van der Waals surface area contributed by atoms with Crippen molar-refractivity contribution in [2.45, 2.75) is 59.5 Å². The Hall–Kier alpha value is -1.60. The zero-order valence-electron chi connectivity index (χ0n) is 15.1. The van der Waals surface area contributed by atoms with Gasteiger partial charge >= 0.3 is 0 Å². The lowest BCUT2D eigenvalue weighted by Crippen LogP contribution is -2.09. The number of rotatable bonds is 5. The van der Waals surface area contributed by atoms with Crippen LogP contribution in [0.5, 0.6) is 0 Å². The number of hydrogen-bond donors (Lipinski definition) is 1. The van der Waals surface area contributed by atoms with E-state index in [4.69, 9.17) is 0 Å². The first-order valence-electron chi connectivity index (χ1n) is 8.68. The number of aliphatic hydroxyl groups is 1. The highest BCUT2D eigenvalue weighted by molar-refractivity contribution is 5.64. The normalized spacial score (nSPS) is 14.5. The van der Waals surface area contributed by atoms with Crippen LogP contribution in [0.2, 0.25) is 0 Å². The van der Waals surface area contributed by atoms with Crippen LogP contribution >= 0.6 is 0 Å². The van der Waals surface area contributed by atoms with E-state index in [2.05, 4.69) is 64.1 Å². The molecule has 0 amide bonds. The maximum absolute atomic E-state index is 10.0. The van der Waals surface area contributed by atoms with Gasteiger partial charge in [0.25, 0.3) is 0 Å². The van der Waals surface area contributed by atoms with Crippen LogP contribution in [0.4, 0.5) is 0 Å². The minimum Gasteiger partial charge on any atom is -0.388 e. The summed E-state index contributed by atoms with van der Waals surface area (Å²) in [5.74, 6) is 0.567. The second-order valence-electron chi connectivity index (χ2n) is 7.84. The van der Waals surface area contributed by atoms with Crippen LogP contribution in [0.1, 0.15) is 70.6 Å². The molecule has 0 spiro atoms. The summed E-state index contributed by atoms with van der Waals surface area (Å²) in [4.78, 5) is 0. The molecule has 1 nitrogen and oxygen atoms in total. The molecule has 23 heavy (non-hydrogen) atoms. The van der Waals surface area contributed by atoms with Crippen molar-refractivity contribution in [3.8, 4) is 11.1 Å². The van der Waals surface area contributed by atoms with Crippen LogP contribution in [-0.4, -0.2) is 5.11 Å². The minimum absolute atomic E-state index is 0.350. The SMILES string of the molecule is CCC(O)c1cccc(-c2ccc(C(C)CC(C)(C)C)cc2)c1. The molecule has 0 fully saturated rings. The lowest BCUT2D eigenvalue weighted by atomic mass is 9.82. The van der Waals surface area contributed by atoms with Crippen LogP contribution in [0.15, 0.2) is 48.5 Å². The van der Waals surface area contributed by atoms with E-state index < -0.39 is 0 Å². The van der Waals surface area contributed by atoms with Gasteiger partial charge in [0.2, 0.25) is 0 Å². The molecule has 0 heterocycles. The fraction of sp³-hybridized carbons (Fsp3) is 0.455. The van der Waals surface area contributed by atoms with E-state index in [9.17, 15) is 5.11 Å². The first-order chi connectivity index (χ1) is 10.8. The quantitative estimate of drug-likeness (QED) is 0.683. The summed E-state index contributed by atoms with van der Waals surface area (Å²) in [5.41, 5.74) is 5.12. The molecule has 2 atom stereocenters. The van der Waals surface area contributed by atoms with Gasteiger partial charge in [-0.3, -0.25) is 0 Å². The lowest BCUT2D eigenvalue weighted by Gasteiger charge is -2.23. The first kappa shape index (κ1) is 17.7. The average molecular weight is 310 g/mol. The van der Waals surface area contributed by atoms with Crippen molar-refractivity contribution in [1.29, 1.82) is 0 Å². The summed E-state index contributed by atoms with van der Waals surface area (Å²) in [5, 5.41) is 10.0. The van der Waals surface area contributed by atoms with E-state index in [1.807, 2.05) is 19.1 Å².